The Bertz CT molecular complexity index is 661. The van der Waals surface area contributed by atoms with Crippen molar-refractivity contribution in [2.45, 2.75) is 6.42 Å². The van der Waals surface area contributed by atoms with E-state index < -0.39 is 0 Å². The van der Waals surface area contributed by atoms with Gasteiger partial charge in [0.1, 0.15) is 0 Å². The molecule has 1 aromatic carbocycles. The Labute approximate surface area is 110 Å². The molecule has 0 amide bonds. The lowest BCUT2D eigenvalue weighted by Gasteiger charge is -1.95. The smallest absolute Gasteiger partial charge is 0.257 e. The summed E-state index contributed by atoms with van der Waals surface area (Å²) < 4.78 is 5.24. The number of nitrogen functional groups attached to an aromatic ring is 1. The molecule has 0 spiro atoms. The van der Waals surface area contributed by atoms with Gasteiger partial charge in [-0.1, -0.05) is 11.2 Å². The maximum absolute atomic E-state index is 5.64. The number of anilines is 1. The van der Waals surface area contributed by atoms with Crippen molar-refractivity contribution >= 4 is 5.69 Å². The molecule has 0 saturated heterocycles. The summed E-state index contributed by atoms with van der Waals surface area (Å²) in [5.41, 5.74) is 8.25. The first kappa shape index (κ1) is 11.4. The van der Waals surface area contributed by atoms with Crippen LogP contribution < -0.4 is 5.73 Å². The minimum absolute atomic E-state index is 0.499. The van der Waals surface area contributed by atoms with E-state index in [1.807, 2.05) is 24.3 Å². The van der Waals surface area contributed by atoms with Crippen LogP contribution in [-0.2, 0) is 6.42 Å². The van der Waals surface area contributed by atoms with Gasteiger partial charge in [-0.15, -0.1) is 0 Å². The summed E-state index contributed by atoms with van der Waals surface area (Å²) in [6, 6.07) is 11.2. The van der Waals surface area contributed by atoms with Crippen LogP contribution in [-0.4, -0.2) is 15.1 Å². The quantitative estimate of drug-likeness (QED) is 0.724. The van der Waals surface area contributed by atoms with E-state index in [0.717, 1.165) is 11.1 Å². The van der Waals surface area contributed by atoms with Crippen molar-refractivity contribution in [1.82, 2.24) is 15.1 Å². The van der Waals surface area contributed by atoms with Crippen LogP contribution >= 0.6 is 0 Å². The summed E-state index contributed by atoms with van der Waals surface area (Å²) in [6.45, 7) is 0. The molecule has 0 atom stereocenters. The van der Waals surface area contributed by atoms with Gasteiger partial charge in [-0.3, -0.25) is 4.98 Å². The van der Waals surface area contributed by atoms with Gasteiger partial charge in [0.25, 0.3) is 5.89 Å². The van der Waals surface area contributed by atoms with Crippen LogP contribution in [0.3, 0.4) is 0 Å². The van der Waals surface area contributed by atoms with Gasteiger partial charge in [0.05, 0.1) is 0 Å². The number of hydrogen-bond donors (Lipinski definition) is 1. The summed E-state index contributed by atoms with van der Waals surface area (Å²) in [4.78, 5) is 8.41. The molecule has 0 bridgehead atoms. The Hall–Kier alpha value is -2.69. The van der Waals surface area contributed by atoms with Gasteiger partial charge >= 0.3 is 0 Å². The molecule has 2 heterocycles. The molecule has 5 heteroatoms. The van der Waals surface area contributed by atoms with E-state index in [9.17, 15) is 0 Å². The standard InChI is InChI=1S/C14H12N4O/c15-12-5-3-11(4-6-12)14-17-13(18-19-14)8-10-2-1-7-16-9-10/h1-7,9H,8,15H2. The molecule has 2 N–H and O–H groups in total. The van der Waals surface area contributed by atoms with E-state index in [2.05, 4.69) is 15.1 Å². The van der Waals surface area contributed by atoms with Crippen LogP contribution in [0.2, 0.25) is 0 Å². The van der Waals surface area contributed by atoms with Crippen LogP contribution in [0.4, 0.5) is 5.69 Å². The molecule has 0 aliphatic heterocycles. The number of aromatic nitrogens is 3. The molecule has 0 radical (unpaired) electrons. The monoisotopic (exact) mass is 252 g/mol. The fraction of sp³-hybridized carbons (Fsp3) is 0.0714. The molecular formula is C14H12N4O. The van der Waals surface area contributed by atoms with E-state index in [1.54, 1.807) is 24.5 Å². The zero-order valence-corrected chi connectivity index (χ0v) is 10.2. The molecule has 94 valence electrons. The molecule has 0 fully saturated rings. The molecule has 3 rings (SSSR count). The lowest BCUT2D eigenvalue weighted by molar-refractivity contribution is 0.424. The van der Waals surface area contributed by atoms with E-state index in [1.165, 1.54) is 0 Å². The van der Waals surface area contributed by atoms with Crippen LogP contribution in [0.15, 0.2) is 53.3 Å². The largest absolute Gasteiger partial charge is 0.399 e. The maximum atomic E-state index is 5.64. The van der Waals surface area contributed by atoms with E-state index >= 15 is 0 Å². The predicted octanol–water partition coefficient (Wildman–Crippen LogP) is 2.30. The van der Waals surface area contributed by atoms with E-state index in [-0.39, 0.29) is 0 Å². The third-order valence-corrected chi connectivity index (χ3v) is 2.71. The Morgan fingerprint density at radius 2 is 1.95 bits per heavy atom. The Kier molecular flexibility index (Phi) is 2.94. The summed E-state index contributed by atoms with van der Waals surface area (Å²) in [5.74, 6) is 1.14. The van der Waals surface area contributed by atoms with E-state index in [0.29, 0.717) is 23.8 Å². The number of hydrogen-bond acceptors (Lipinski definition) is 5. The van der Waals surface area contributed by atoms with Crippen molar-refractivity contribution in [3.05, 3.63) is 60.2 Å². The maximum Gasteiger partial charge on any atom is 0.257 e. The third-order valence-electron chi connectivity index (χ3n) is 2.71. The van der Waals surface area contributed by atoms with Gasteiger partial charge in [-0.2, -0.15) is 4.98 Å². The first-order valence-corrected chi connectivity index (χ1v) is 5.89. The first-order chi connectivity index (χ1) is 9.31. The molecule has 0 aliphatic carbocycles. The summed E-state index contributed by atoms with van der Waals surface area (Å²) in [6.07, 6.45) is 4.13. The van der Waals surface area contributed by atoms with Gasteiger partial charge in [0.2, 0.25) is 0 Å². The van der Waals surface area contributed by atoms with Gasteiger partial charge in [-0.25, -0.2) is 0 Å². The Morgan fingerprint density at radius 1 is 1.11 bits per heavy atom. The van der Waals surface area contributed by atoms with Crippen LogP contribution in [0, 0.1) is 0 Å². The molecule has 3 aromatic rings. The topological polar surface area (TPSA) is 77.8 Å². The molecular weight excluding hydrogens is 240 g/mol. The third kappa shape index (κ3) is 2.60. The minimum atomic E-state index is 0.499. The number of pyridine rings is 1. The van der Waals surface area contributed by atoms with Gasteiger partial charge < -0.3 is 10.3 Å². The second kappa shape index (κ2) is 4.89. The predicted molar refractivity (Wildman–Crippen MR) is 71.2 cm³/mol. The fourth-order valence-electron chi connectivity index (χ4n) is 1.75. The minimum Gasteiger partial charge on any atom is -0.399 e. The molecule has 19 heavy (non-hydrogen) atoms. The number of nitrogens with two attached hydrogens (primary N) is 1. The van der Waals surface area contributed by atoms with Crippen LogP contribution in [0.1, 0.15) is 11.4 Å². The average molecular weight is 252 g/mol. The highest BCUT2D eigenvalue weighted by Gasteiger charge is 2.09. The van der Waals surface area contributed by atoms with E-state index in [4.69, 9.17) is 10.3 Å². The summed E-state index contributed by atoms with van der Waals surface area (Å²) in [5, 5.41) is 3.97. The second-order valence-electron chi connectivity index (χ2n) is 4.18. The lowest BCUT2D eigenvalue weighted by Crippen LogP contribution is -1.91. The second-order valence-corrected chi connectivity index (χ2v) is 4.18. The van der Waals surface area contributed by atoms with Crippen molar-refractivity contribution < 1.29 is 4.52 Å². The van der Waals surface area contributed by atoms with Crippen molar-refractivity contribution in [2.75, 3.05) is 5.73 Å². The number of nitrogens with zero attached hydrogens (tertiary/aromatic N) is 3. The SMILES string of the molecule is Nc1ccc(-c2nc(Cc3cccnc3)no2)cc1. The Balaban J connectivity index is 1.82. The highest BCUT2D eigenvalue weighted by molar-refractivity contribution is 5.56. The first-order valence-electron chi connectivity index (χ1n) is 5.89. The number of rotatable bonds is 3. The number of benzene rings is 1. The fourth-order valence-corrected chi connectivity index (χ4v) is 1.75. The van der Waals surface area contributed by atoms with Crippen molar-refractivity contribution in [3.8, 4) is 11.5 Å². The molecule has 2 aromatic heterocycles. The highest BCUT2D eigenvalue weighted by Crippen LogP contribution is 2.19. The van der Waals surface area contributed by atoms with Gasteiger partial charge in [0, 0.05) is 30.1 Å². The van der Waals surface area contributed by atoms with Crippen molar-refractivity contribution in [2.24, 2.45) is 0 Å². The highest BCUT2D eigenvalue weighted by atomic mass is 16.5. The average Bonchev–Trinajstić information content (AvgIpc) is 2.89. The summed E-state index contributed by atoms with van der Waals surface area (Å²) >= 11 is 0. The van der Waals surface area contributed by atoms with Gasteiger partial charge in [0.15, 0.2) is 5.82 Å². The molecule has 0 unspecified atom stereocenters. The summed E-state index contributed by atoms with van der Waals surface area (Å²) in [7, 11) is 0. The van der Waals surface area contributed by atoms with Crippen molar-refractivity contribution in [1.29, 1.82) is 0 Å². The Morgan fingerprint density at radius 3 is 2.68 bits per heavy atom. The normalized spacial score (nSPS) is 10.5. The van der Waals surface area contributed by atoms with Crippen molar-refractivity contribution in [3.63, 3.8) is 0 Å². The zero-order chi connectivity index (χ0) is 13.1. The molecule has 0 aliphatic rings. The van der Waals surface area contributed by atoms with Crippen LogP contribution in [0.5, 0.6) is 0 Å². The lowest BCUT2D eigenvalue weighted by atomic mass is 10.2. The zero-order valence-electron chi connectivity index (χ0n) is 10.2. The molecule has 0 saturated carbocycles. The van der Waals surface area contributed by atoms with Crippen LogP contribution in [0.25, 0.3) is 11.5 Å². The molecule has 5 nitrogen and oxygen atoms in total. The van der Waals surface area contributed by atoms with Gasteiger partial charge in [-0.05, 0) is 35.9 Å².